The van der Waals surface area contributed by atoms with Crippen LogP contribution in [0.25, 0.3) is 0 Å². The maximum atomic E-state index is 12.2. The van der Waals surface area contributed by atoms with Crippen LogP contribution in [0.3, 0.4) is 0 Å². The Hall–Kier alpha value is -2.28. The zero-order valence-corrected chi connectivity index (χ0v) is 12.5. The second-order valence-corrected chi connectivity index (χ2v) is 5.04. The molecule has 0 aromatic carbocycles. The Morgan fingerprint density at radius 1 is 1.24 bits per heavy atom. The van der Waals surface area contributed by atoms with Crippen molar-refractivity contribution in [1.29, 1.82) is 0 Å². The van der Waals surface area contributed by atoms with Gasteiger partial charge in [-0.05, 0) is 26.2 Å². The van der Waals surface area contributed by atoms with Crippen molar-refractivity contribution in [2.24, 2.45) is 0 Å². The van der Waals surface area contributed by atoms with Crippen molar-refractivity contribution in [1.82, 2.24) is 25.0 Å². The predicted molar refractivity (Wildman–Crippen MR) is 76.6 cm³/mol. The molecule has 0 fully saturated rings. The molecule has 21 heavy (non-hydrogen) atoms. The SMILES string of the molecule is CN(C)Cc1nnc(C(=O)N(C)CCc2ccccn2)o1. The number of hydrogen-bond donors (Lipinski definition) is 0. The lowest BCUT2D eigenvalue weighted by Gasteiger charge is -2.14. The van der Waals surface area contributed by atoms with Gasteiger partial charge in [0.15, 0.2) is 0 Å². The molecular formula is C14H19N5O2. The van der Waals surface area contributed by atoms with Gasteiger partial charge in [0.25, 0.3) is 0 Å². The van der Waals surface area contributed by atoms with Crippen LogP contribution >= 0.6 is 0 Å². The average Bonchev–Trinajstić information content (AvgIpc) is 2.92. The zero-order chi connectivity index (χ0) is 15.2. The number of carbonyl (C=O) groups is 1. The Morgan fingerprint density at radius 3 is 2.71 bits per heavy atom. The number of amides is 1. The van der Waals surface area contributed by atoms with Crippen molar-refractivity contribution in [2.45, 2.75) is 13.0 Å². The molecule has 0 aliphatic rings. The second kappa shape index (κ2) is 6.94. The fourth-order valence-electron chi connectivity index (χ4n) is 1.77. The summed E-state index contributed by atoms with van der Waals surface area (Å²) in [7, 11) is 5.50. The summed E-state index contributed by atoms with van der Waals surface area (Å²) in [6.45, 7) is 1.05. The summed E-state index contributed by atoms with van der Waals surface area (Å²) in [6, 6.07) is 5.72. The Morgan fingerprint density at radius 2 is 2.05 bits per heavy atom. The molecule has 0 spiro atoms. The topological polar surface area (TPSA) is 75.4 Å². The zero-order valence-electron chi connectivity index (χ0n) is 12.5. The van der Waals surface area contributed by atoms with Crippen LogP contribution in [0.15, 0.2) is 28.8 Å². The lowest BCUT2D eigenvalue weighted by molar-refractivity contribution is 0.0753. The number of likely N-dealkylation sites (N-methyl/N-ethyl adjacent to an activating group) is 1. The fraction of sp³-hybridized carbons (Fsp3) is 0.429. The maximum Gasteiger partial charge on any atom is 0.311 e. The second-order valence-electron chi connectivity index (χ2n) is 5.04. The lowest BCUT2D eigenvalue weighted by Crippen LogP contribution is -2.29. The van der Waals surface area contributed by atoms with Crippen molar-refractivity contribution in [3.8, 4) is 0 Å². The van der Waals surface area contributed by atoms with Crippen LogP contribution in [-0.4, -0.2) is 58.6 Å². The van der Waals surface area contributed by atoms with Crippen LogP contribution in [0.2, 0.25) is 0 Å². The van der Waals surface area contributed by atoms with Gasteiger partial charge in [-0.1, -0.05) is 6.07 Å². The van der Waals surface area contributed by atoms with Crippen molar-refractivity contribution in [2.75, 3.05) is 27.7 Å². The summed E-state index contributed by atoms with van der Waals surface area (Å²) < 4.78 is 5.36. The van der Waals surface area contributed by atoms with Crippen molar-refractivity contribution in [3.63, 3.8) is 0 Å². The highest BCUT2D eigenvalue weighted by molar-refractivity contribution is 5.89. The Bertz CT molecular complexity index is 582. The molecule has 7 nitrogen and oxygen atoms in total. The highest BCUT2D eigenvalue weighted by Gasteiger charge is 2.19. The molecule has 0 saturated heterocycles. The van der Waals surface area contributed by atoms with E-state index >= 15 is 0 Å². The minimum atomic E-state index is -0.275. The van der Waals surface area contributed by atoms with Crippen LogP contribution in [-0.2, 0) is 13.0 Å². The van der Waals surface area contributed by atoms with Crippen molar-refractivity contribution in [3.05, 3.63) is 41.9 Å². The third-order valence-corrected chi connectivity index (χ3v) is 2.88. The van der Waals surface area contributed by atoms with E-state index in [0.717, 1.165) is 5.69 Å². The van der Waals surface area contributed by atoms with Crippen LogP contribution in [0, 0.1) is 0 Å². The standard InChI is InChI=1S/C14H19N5O2/c1-18(2)10-12-16-17-13(21-12)14(20)19(3)9-7-11-6-4-5-8-15-11/h4-6,8H,7,9-10H2,1-3H3. The summed E-state index contributed by atoms with van der Waals surface area (Å²) >= 11 is 0. The van der Waals surface area contributed by atoms with Gasteiger partial charge in [-0.15, -0.1) is 10.2 Å². The first-order chi connectivity index (χ1) is 10.1. The van der Waals surface area contributed by atoms with E-state index in [1.807, 2.05) is 37.2 Å². The molecule has 0 unspecified atom stereocenters. The van der Waals surface area contributed by atoms with Gasteiger partial charge in [-0.3, -0.25) is 9.78 Å². The van der Waals surface area contributed by atoms with E-state index in [4.69, 9.17) is 4.42 Å². The summed E-state index contributed by atoms with van der Waals surface area (Å²) in [5, 5.41) is 7.65. The van der Waals surface area contributed by atoms with Crippen LogP contribution < -0.4 is 0 Å². The number of pyridine rings is 1. The number of hydrogen-bond acceptors (Lipinski definition) is 6. The molecule has 0 N–H and O–H groups in total. The molecule has 1 amide bonds. The van der Waals surface area contributed by atoms with E-state index in [0.29, 0.717) is 25.4 Å². The number of aromatic nitrogens is 3. The van der Waals surface area contributed by atoms with Gasteiger partial charge in [-0.25, -0.2) is 0 Å². The molecule has 0 atom stereocenters. The molecule has 0 radical (unpaired) electrons. The normalized spacial score (nSPS) is 10.9. The van der Waals surface area contributed by atoms with Gasteiger partial charge in [0.2, 0.25) is 5.89 Å². The molecular weight excluding hydrogens is 270 g/mol. The molecule has 0 saturated carbocycles. The summed E-state index contributed by atoms with van der Waals surface area (Å²) in [6.07, 6.45) is 2.42. The van der Waals surface area contributed by atoms with Crippen LogP contribution in [0.5, 0.6) is 0 Å². The van der Waals surface area contributed by atoms with E-state index in [-0.39, 0.29) is 11.8 Å². The molecule has 0 aliphatic carbocycles. The minimum absolute atomic E-state index is 0.0235. The van der Waals surface area contributed by atoms with Gasteiger partial charge >= 0.3 is 11.8 Å². The van der Waals surface area contributed by atoms with E-state index in [1.54, 1.807) is 18.1 Å². The Kier molecular flexibility index (Phi) is 4.99. The minimum Gasteiger partial charge on any atom is -0.415 e. The van der Waals surface area contributed by atoms with E-state index in [1.165, 1.54) is 0 Å². The predicted octanol–water partition coefficient (Wildman–Crippen LogP) is 0.841. The molecule has 0 aliphatic heterocycles. The Labute approximate surface area is 123 Å². The molecule has 2 rings (SSSR count). The maximum absolute atomic E-state index is 12.2. The molecule has 0 bridgehead atoms. The van der Waals surface area contributed by atoms with Crippen LogP contribution in [0.1, 0.15) is 22.3 Å². The Balaban J connectivity index is 1.91. The fourth-order valence-corrected chi connectivity index (χ4v) is 1.77. The van der Waals surface area contributed by atoms with Gasteiger partial charge in [0, 0.05) is 31.9 Å². The van der Waals surface area contributed by atoms with E-state index in [2.05, 4.69) is 15.2 Å². The number of carbonyl (C=O) groups excluding carboxylic acids is 1. The monoisotopic (exact) mass is 289 g/mol. The third-order valence-electron chi connectivity index (χ3n) is 2.88. The number of nitrogens with zero attached hydrogens (tertiary/aromatic N) is 5. The van der Waals surface area contributed by atoms with Gasteiger partial charge in [0.05, 0.1) is 6.54 Å². The number of rotatable bonds is 6. The van der Waals surface area contributed by atoms with Crippen LogP contribution in [0.4, 0.5) is 0 Å². The van der Waals surface area contributed by atoms with Gasteiger partial charge in [-0.2, -0.15) is 0 Å². The molecule has 2 aromatic rings. The van der Waals surface area contributed by atoms with E-state index < -0.39 is 0 Å². The molecule has 2 heterocycles. The van der Waals surface area contributed by atoms with E-state index in [9.17, 15) is 4.79 Å². The van der Waals surface area contributed by atoms with Crippen molar-refractivity contribution >= 4 is 5.91 Å². The first-order valence-corrected chi connectivity index (χ1v) is 6.68. The summed E-state index contributed by atoms with van der Waals surface area (Å²) in [4.78, 5) is 19.8. The first-order valence-electron chi connectivity index (χ1n) is 6.68. The molecule has 112 valence electrons. The first kappa shape index (κ1) is 15.1. The third kappa shape index (κ3) is 4.35. The average molecular weight is 289 g/mol. The summed E-state index contributed by atoms with van der Waals surface area (Å²) in [5.41, 5.74) is 0.941. The molecule has 2 aromatic heterocycles. The van der Waals surface area contributed by atoms with Crippen molar-refractivity contribution < 1.29 is 9.21 Å². The van der Waals surface area contributed by atoms with Gasteiger partial charge < -0.3 is 14.2 Å². The lowest BCUT2D eigenvalue weighted by atomic mass is 10.2. The highest BCUT2D eigenvalue weighted by atomic mass is 16.4. The quantitative estimate of drug-likeness (QED) is 0.784. The molecule has 7 heteroatoms. The highest BCUT2D eigenvalue weighted by Crippen LogP contribution is 2.06. The smallest absolute Gasteiger partial charge is 0.311 e. The largest absolute Gasteiger partial charge is 0.415 e. The summed E-state index contributed by atoms with van der Waals surface area (Å²) in [5.74, 6) is 0.181. The van der Waals surface area contributed by atoms with Gasteiger partial charge in [0.1, 0.15) is 0 Å².